The van der Waals surface area contributed by atoms with Crippen LogP contribution in [-0.2, 0) is 0 Å². The summed E-state index contributed by atoms with van der Waals surface area (Å²) in [6.45, 7) is 0. The van der Waals surface area contributed by atoms with E-state index in [0.717, 1.165) is 22.1 Å². The van der Waals surface area contributed by atoms with Gasteiger partial charge in [-0.05, 0) is 48.0 Å². The summed E-state index contributed by atoms with van der Waals surface area (Å²) in [5, 5.41) is 4.81. The predicted molar refractivity (Wildman–Crippen MR) is 148 cm³/mol. The molecule has 0 unspecified atom stereocenters. The summed E-state index contributed by atoms with van der Waals surface area (Å²) in [6.07, 6.45) is 1.71. The first kappa shape index (κ1) is 22.6. The van der Waals surface area contributed by atoms with Gasteiger partial charge in [0, 0.05) is 33.8 Å². The van der Waals surface area contributed by atoms with Crippen LogP contribution in [0.25, 0.3) is 44.3 Å². The molecule has 0 aliphatic rings. The van der Waals surface area contributed by atoms with Gasteiger partial charge < -0.3 is 10.3 Å². The van der Waals surface area contributed by atoms with Crippen LogP contribution < -0.4 is 10.9 Å². The van der Waals surface area contributed by atoms with Gasteiger partial charge in [0.2, 0.25) is 0 Å². The summed E-state index contributed by atoms with van der Waals surface area (Å²) in [6, 6.07) is 29.9. The second-order valence-electron chi connectivity index (χ2n) is 8.55. The van der Waals surface area contributed by atoms with Gasteiger partial charge in [-0.3, -0.25) is 14.6 Å². The molecular formula is C30H19ClN4O2. The average molecular weight is 503 g/mol. The van der Waals surface area contributed by atoms with E-state index in [-0.39, 0.29) is 5.56 Å². The van der Waals surface area contributed by atoms with Gasteiger partial charge in [-0.15, -0.1) is 0 Å². The maximum Gasteiger partial charge on any atom is 0.262 e. The minimum atomic E-state index is -0.514. The summed E-state index contributed by atoms with van der Waals surface area (Å²) < 4.78 is 0. The Bertz CT molecular complexity index is 1850. The molecule has 3 aromatic carbocycles. The van der Waals surface area contributed by atoms with Crippen LogP contribution in [0.5, 0.6) is 0 Å². The fourth-order valence-corrected chi connectivity index (χ4v) is 4.64. The number of carbonyl (C=O) groups excluding carboxylic acids is 1. The Morgan fingerprint density at radius 2 is 1.57 bits per heavy atom. The van der Waals surface area contributed by atoms with E-state index in [1.807, 2.05) is 78.9 Å². The number of fused-ring (bicyclic) bond motifs is 2. The van der Waals surface area contributed by atoms with Crippen molar-refractivity contribution in [3.8, 4) is 22.4 Å². The van der Waals surface area contributed by atoms with Crippen molar-refractivity contribution in [3.05, 3.63) is 124 Å². The van der Waals surface area contributed by atoms with Crippen molar-refractivity contribution >= 4 is 45.1 Å². The number of para-hydroxylation sites is 1. The molecule has 0 saturated heterocycles. The van der Waals surface area contributed by atoms with Gasteiger partial charge in [0.1, 0.15) is 11.2 Å². The zero-order chi connectivity index (χ0) is 25.4. The Morgan fingerprint density at radius 3 is 2.35 bits per heavy atom. The van der Waals surface area contributed by atoms with Crippen LogP contribution in [-0.4, -0.2) is 20.9 Å². The molecule has 0 atom stereocenters. The van der Waals surface area contributed by atoms with E-state index in [2.05, 4.69) is 15.3 Å². The van der Waals surface area contributed by atoms with Crippen LogP contribution in [0.3, 0.4) is 0 Å². The number of halogens is 1. The summed E-state index contributed by atoms with van der Waals surface area (Å²) in [5.74, 6) is -0.497. The molecule has 1 amide bonds. The van der Waals surface area contributed by atoms with Crippen LogP contribution >= 0.6 is 11.6 Å². The third kappa shape index (κ3) is 4.35. The normalized spacial score (nSPS) is 11.1. The number of benzene rings is 3. The molecule has 2 N–H and O–H groups in total. The molecule has 0 radical (unpaired) electrons. The minimum absolute atomic E-state index is 0.00249. The maximum absolute atomic E-state index is 12.9. The fourth-order valence-electron chi connectivity index (χ4n) is 4.36. The smallest absolute Gasteiger partial charge is 0.262 e. The number of nitrogens with one attached hydrogen (secondary N) is 2. The molecule has 6 nitrogen and oxygen atoms in total. The lowest BCUT2D eigenvalue weighted by Crippen LogP contribution is -2.23. The maximum atomic E-state index is 12.9. The van der Waals surface area contributed by atoms with E-state index in [4.69, 9.17) is 16.6 Å². The zero-order valence-corrected chi connectivity index (χ0v) is 20.2. The molecule has 3 heterocycles. The summed E-state index contributed by atoms with van der Waals surface area (Å²) >= 11 is 6.61. The van der Waals surface area contributed by atoms with Crippen LogP contribution in [0.15, 0.2) is 108 Å². The van der Waals surface area contributed by atoms with Crippen molar-refractivity contribution in [1.29, 1.82) is 0 Å². The average Bonchev–Trinajstić information content (AvgIpc) is 2.93. The second-order valence-corrected chi connectivity index (χ2v) is 8.96. The Hall–Kier alpha value is -4.81. The van der Waals surface area contributed by atoms with Crippen LogP contribution in [0.1, 0.15) is 10.4 Å². The fraction of sp³-hybridized carbons (Fsp3) is 0. The van der Waals surface area contributed by atoms with Crippen LogP contribution in [0, 0.1) is 0 Å². The van der Waals surface area contributed by atoms with Crippen molar-refractivity contribution in [2.45, 2.75) is 0 Å². The predicted octanol–water partition coefficient (Wildman–Crippen LogP) is 6.71. The van der Waals surface area contributed by atoms with E-state index in [0.29, 0.717) is 33.0 Å². The highest BCUT2D eigenvalue weighted by molar-refractivity contribution is 6.35. The standard InChI is InChI=1S/C30H19ClN4O2/c31-25-17-20(14-19-10-7-13-32-27(19)25)23-15-21-16-24(29(36)33-22-11-5-2-6-12-22)30(37)35-28(21)34-26(23)18-8-3-1-4-9-18/h1-17H,(H,33,36)(H,34,35,37). The van der Waals surface area contributed by atoms with Gasteiger partial charge in [-0.25, -0.2) is 4.98 Å². The molecule has 0 spiro atoms. The number of hydrogen-bond donors (Lipinski definition) is 2. The van der Waals surface area contributed by atoms with Crippen molar-refractivity contribution in [3.63, 3.8) is 0 Å². The van der Waals surface area contributed by atoms with Gasteiger partial charge in [0.25, 0.3) is 11.5 Å². The monoisotopic (exact) mass is 502 g/mol. The van der Waals surface area contributed by atoms with Gasteiger partial charge >= 0.3 is 0 Å². The van der Waals surface area contributed by atoms with Crippen molar-refractivity contribution < 1.29 is 4.79 Å². The molecule has 0 aliphatic carbocycles. The lowest BCUT2D eigenvalue weighted by atomic mass is 9.96. The number of rotatable bonds is 4. The van der Waals surface area contributed by atoms with E-state index in [1.54, 1.807) is 24.4 Å². The highest BCUT2D eigenvalue weighted by Crippen LogP contribution is 2.36. The number of carbonyl (C=O) groups is 1. The molecule has 7 heteroatoms. The zero-order valence-electron chi connectivity index (χ0n) is 19.4. The number of anilines is 1. The van der Waals surface area contributed by atoms with Gasteiger partial charge in [0.05, 0.1) is 16.2 Å². The molecule has 37 heavy (non-hydrogen) atoms. The molecule has 0 fully saturated rings. The highest BCUT2D eigenvalue weighted by Gasteiger charge is 2.17. The van der Waals surface area contributed by atoms with E-state index in [1.165, 1.54) is 0 Å². The molecule has 178 valence electrons. The van der Waals surface area contributed by atoms with Crippen molar-refractivity contribution in [2.24, 2.45) is 0 Å². The Morgan fingerprint density at radius 1 is 0.811 bits per heavy atom. The SMILES string of the molecule is O=C(Nc1ccccc1)c1cc2cc(-c3cc(Cl)c4ncccc4c3)c(-c3ccccc3)nc2[nH]c1=O. The number of hydrogen-bond acceptors (Lipinski definition) is 4. The lowest BCUT2D eigenvalue weighted by molar-refractivity contribution is 0.102. The van der Waals surface area contributed by atoms with Crippen LogP contribution in [0.4, 0.5) is 5.69 Å². The Kier molecular flexibility index (Phi) is 5.71. The van der Waals surface area contributed by atoms with Gasteiger partial charge in [-0.1, -0.05) is 66.2 Å². The molecule has 0 bridgehead atoms. The minimum Gasteiger partial charge on any atom is -0.322 e. The summed E-state index contributed by atoms with van der Waals surface area (Å²) in [4.78, 5) is 37.8. The van der Waals surface area contributed by atoms with E-state index in [9.17, 15) is 9.59 Å². The topological polar surface area (TPSA) is 87.7 Å². The van der Waals surface area contributed by atoms with Gasteiger partial charge in [-0.2, -0.15) is 0 Å². The molecule has 6 rings (SSSR count). The summed E-state index contributed by atoms with van der Waals surface area (Å²) in [5.41, 5.74) is 4.41. The third-order valence-electron chi connectivity index (χ3n) is 6.12. The summed E-state index contributed by atoms with van der Waals surface area (Å²) in [7, 11) is 0. The van der Waals surface area contributed by atoms with Crippen molar-refractivity contribution in [1.82, 2.24) is 15.0 Å². The van der Waals surface area contributed by atoms with Gasteiger partial charge in [0.15, 0.2) is 0 Å². The first-order chi connectivity index (χ1) is 18.1. The largest absolute Gasteiger partial charge is 0.322 e. The number of aromatic nitrogens is 3. The number of amides is 1. The molecular weight excluding hydrogens is 484 g/mol. The Labute approximate surface area is 216 Å². The number of nitrogens with zero attached hydrogens (tertiary/aromatic N) is 2. The molecule has 6 aromatic rings. The molecule has 0 aliphatic heterocycles. The number of pyridine rings is 3. The first-order valence-electron chi connectivity index (χ1n) is 11.6. The second kappa shape index (κ2) is 9.33. The Balaban J connectivity index is 1.55. The molecule has 0 saturated carbocycles. The number of H-pyrrole nitrogens is 1. The quantitative estimate of drug-likeness (QED) is 0.280. The third-order valence-corrected chi connectivity index (χ3v) is 6.41. The molecule has 3 aromatic heterocycles. The van der Waals surface area contributed by atoms with E-state index >= 15 is 0 Å². The number of aromatic amines is 1. The lowest BCUT2D eigenvalue weighted by Gasteiger charge is -2.13. The van der Waals surface area contributed by atoms with E-state index < -0.39 is 11.5 Å². The first-order valence-corrected chi connectivity index (χ1v) is 12.0. The highest BCUT2D eigenvalue weighted by atomic mass is 35.5. The van der Waals surface area contributed by atoms with Crippen LogP contribution in [0.2, 0.25) is 5.02 Å². The van der Waals surface area contributed by atoms with Crippen molar-refractivity contribution in [2.75, 3.05) is 5.32 Å².